The lowest BCUT2D eigenvalue weighted by atomic mass is 10.1. The number of hydrogen-bond donors (Lipinski definition) is 0. The van der Waals surface area contributed by atoms with Crippen LogP contribution in [0.25, 0.3) is 0 Å². The number of hydrogen-bond acceptors (Lipinski definition) is 2. The summed E-state index contributed by atoms with van der Waals surface area (Å²) in [6.07, 6.45) is -0.531. The maximum absolute atomic E-state index is 12.4. The summed E-state index contributed by atoms with van der Waals surface area (Å²) in [6, 6.07) is 15.5. The van der Waals surface area contributed by atoms with Crippen molar-refractivity contribution in [3.05, 3.63) is 59.7 Å². The van der Waals surface area contributed by atoms with E-state index in [1.165, 1.54) is 5.56 Å². The van der Waals surface area contributed by atoms with E-state index in [2.05, 4.69) is 0 Å². The Labute approximate surface area is 126 Å². The Hall–Kier alpha value is -2.29. The van der Waals surface area contributed by atoms with E-state index in [0.717, 1.165) is 17.0 Å². The number of carbonyl (C=O) groups is 1. The minimum absolute atomic E-state index is 0.0684. The van der Waals surface area contributed by atoms with Gasteiger partial charge in [0.05, 0.1) is 0 Å². The first-order chi connectivity index (χ1) is 9.99. The second kappa shape index (κ2) is 6.44. The van der Waals surface area contributed by atoms with E-state index in [1.54, 1.807) is 18.9 Å². The number of carbonyl (C=O) groups excluding carboxylic acids is 1. The van der Waals surface area contributed by atoms with Gasteiger partial charge in [0.1, 0.15) is 5.75 Å². The SMILES string of the molecule is Cc1ccc(O[C@@H](C)C(=O)N(C)c2ccccc2)c(C)c1. The number of benzene rings is 2. The standard InChI is InChI=1S/C18H21NO2/c1-13-10-11-17(14(2)12-13)21-15(3)18(20)19(4)16-8-6-5-7-9-16/h5-12,15H,1-4H3/t15-/m0/s1. The van der Waals surface area contributed by atoms with Gasteiger partial charge in [0.15, 0.2) is 6.10 Å². The molecule has 0 aromatic heterocycles. The van der Waals surface area contributed by atoms with Gasteiger partial charge in [-0.2, -0.15) is 0 Å². The molecular formula is C18H21NO2. The molecule has 0 spiro atoms. The maximum Gasteiger partial charge on any atom is 0.267 e. The highest BCUT2D eigenvalue weighted by Gasteiger charge is 2.20. The number of anilines is 1. The zero-order chi connectivity index (χ0) is 15.4. The number of nitrogens with zero attached hydrogens (tertiary/aromatic N) is 1. The summed E-state index contributed by atoms with van der Waals surface area (Å²) in [5.74, 6) is 0.684. The first-order valence-electron chi connectivity index (χ1n) is 7.05. The summed E-state index contributed by atoms with van der Waals surface area (Å²) in [5.41, 5.74) is 3.08. The molecule has 2 aromatic carbocycles. The first kappa shape index (κ1) is 15.1. The number of likely N-dealkylation sites (N-methyl/N-ethyl adjacent to an activating group) is 1. The second-order valence-electron chi connectivity index (χ2n) is 5.26. The van der Waals surface area contributed by atoms with Crippen molar-refractivity contribution in [3.8, 4) is 5.75 Å². The molecule has 2 aromatic rings. The van der Waals surface area contributed by atoms with Crippen LogP contribution in [0, 0.1) is 13.8 Å². The Morgan fingerprint density at radius 2 is 1.76 bits per heavy atom. The molecule has 0 aliphatic heterocycles. The molecule has 0 fully saturated rings. The molecule has 0 N–H and O–H groups in total. The van der Waals surface area contributed by atoms with Gasteiger partial charge in [0.2, 0.25) is 0 Å². The third-order valence-electron chi connectivity index (χ3n) is 3.46. The molecule has 3 nitrogen and oxygen atoms in total. The van der Waals surface area contributed by atoms with E-state index < -0.39 is 6.10 Å². The maximum atomic E-state index is 12.4. The Balaban J connectivity index is 2.09. The lowest BCUT2D eigenvalue weighted by molar-refractivity contribution is -0.124. The minimum Gasteiger partial charge on any atom is -0.481 e. The lowest BCUT2D eigenvalue weighted by Gasteiger charge is -2.23. The zero-order valence-corrected chi connectivity index (χ0v) is 13.0. The van der Waals surface area contributed by atoms with Crippen molar-refractivity contribution in [3.63, 3.8) is 0 Å². The van der Waals surface area contributed by atoms with Gasteiger partial charge in [-0.1, -0.05) is 35.9 Å². The molecule has 21 heavy (non-hydrogen) atoms. The quantitative estimate of drug-likeness (QED) is 0.855. The third-order valence-corrected chi connectivity index (χ3v) is 3.46. The van der Waals surface area contributed by atoms with Crippen molar-refractivity contribution < 1.29 is 9.53 Å². The van der Waals surface area contributed by atoms with Crippen LogP contribution in [-0.4, -0.2) is 19.1 Å². The third kappa shape index (κ3) is 3.63. The number of amides is 1. The Morgan fingerprint density at radius 1 is 1.10 bits per heavy atom. The molecule has 1 atom stereocenters. The molecule has 0 aliphatic carbocycles. The lowest BCUT2D eigenvalue weighted by Crippen LogP contribution is -2.38. The number of ether oxygens (including phenoxy) is 1. The number of rotatable bonds is 4. The van der Waals surface area contributed by atoms with Crippen molar-refractivity contribution in [1.29, 1.82) is 0 Å². The van der Waals surface area contributed by atoms with Crippen LogP contribution in [0.3, 0.4) is 0 Å². The fraction of sp³-hybridized carbons (Fsp3) is 0.278. The minimum atomic E-state index is -0.531. The van der Waals surface area contributed by atoms with E-state index in [9.17, 15) is 4.79 Å². The van der Waals surface area contributed by atoms with Crippen LogP contribution in [0.4, 0.5) is 5.69 Å². The normalized spacial score (nSPS) is 11.8. The summed E-state index contributed by atoms with van der Waals surface area (Å²) < 4.78 is 5.81. The molecule has 0 saturated carbocycles. The highest BCUT2D eigenvalue weighted by Crippen LogP contribution is 2.21. The van der Waals surface area contributed by atoms with Crippen LogP contribution in [0.15, 0.2) is 48.5 Å². The molecule has 0 radical (unpaired) electrons. The Morgan fingerprint density at radius 3 is 2.38 bits per heavy atom. The summed E-state index contributed by atoms with van der Waals surface area (Å²) in [6.45, 7) is 5.80. The molecule has 1 amide bonds. The second-order valence-corrected chi connectivity index (χ2v) is 5.26. The van der Waals surface area contributed by atoms with Crippen LogP contribution in [0.5, 0.6) is 5.75 Å². The Bertz CT molecular complexity index is 622. The van der Waals surface area contributed by atoms with Crippen LogP contribution in [0.2, 0.25) is 0 Å². The van der Waals surface area contributed by atoms with E-state index in [4.69, 9.17) is 4.74 Å². The average Bonchev–Trinajstić information content (AvgIpc) is 2.49. The number of para-hydroxylation sites is 1. The molecule has 0 heterocycles. The molecule has 0 unspecified atom stereocenters. The number of aryl methyl sites for hydroxylation is 2. The van der Waals surface area contributed by atoms with Gasteiger partial charge in [-0.3, -0.25) is 4.79 Å². The highest BCUT2D eigenvalue weighted by molar-refractivity contribution is 5.96. The van der Waals surface area contributed by atoms with Crippen molar-refractivity contribution in [2.75, 3.05) is 11.9 Å². The van der Waals surface area contributed by atoms with Gasteiger partial charge in [0, 0.05) is 12.7 Å². The van der Waals surface area contributed by atoms with Gasteiger partial charge < -0.3 is 9.64 Å². The van der Waals surface area contributed by atoms with Crippen LogP contribution < -0.4 is 9.64 Å². The van der Waals surface area contributed by atoms with Gasteiger partial charge in [-0.15, -0.1) is 0 Å². The van der Waals surface area contributed by atoms with E-state index >= 15 is 0 Å². The summed E-state index contributed by atoms with van der Waals surface area (Å²) >= 11 is 0. The molecule has 110 valence electrons. The van der Waals surface area contributed by atoms with Gasteiger partial charge >= 0.3 is 0 Å². The van der Waals surface area contributed by atoms with E-state index in [0.29, 0.717) is 0 Å². The molecule has 0 aliphatic rings. The fourth-order valence-corrected chi connectivity index (χ4v) is 2.22. The largest absolute Gasteiger partial charge is 0.481 e. The summed E-state index contributed by atoms with van der Waals surface area (Å²) in [7, 11) is 1.76. The average molecular weight is 283 g/mol. The first-order valence-corrected chi connectivity index (χ1v) is 7.05. The van der Waals surface area contributed by atoms with Gasteiger partial charge in [0.25, 0.3) is 5.91 Å². The molecule has 3 heteroatoms. The van der Waals surface area contributed by atoms with Gasteiger partial charge in [-0.25, -0.2) is 0 Å². The van der Waals surface area contributed by atoms with E-state index in [1.807, 2.05) is 62.4 Å². The van der Waals surface area contributed by atoms with Crippen LogP contribution in [0.1, 0.15) is 18.1 Å². The molecular weight excluding hydrogens is 262 g/mol. The Kier molecular flexibility index (Phi) is 4.63. The van der Waals surface area contributed by atoms with Crippen molar-refractivity contribution in [2.24, 2.45) is 0 Å². The van der Waals surface area contributed by atoms with Crippen molar-refractivity contribution in [1.82, 2.24) is 0 Å². The van der Waals surface area contributed by atoms with Crippen molar-refractivity contribution >= 4 is 11.6 Å². The topological polar surface area (TPSA) is 29.5 Å². The monoisotopic (exact) mass is 283 g/mol. The van der Waals surface area contributed by atoms with Gasteiger partial charge in [-0.05, 0) is 44.5 Å². The van der Waals surface area contributed by atoms with Crippen molar-refractivity contribution in [2.45, 2.75) is 26.9 Å². The van der Waals surface area contributed by atoms with E-state index in [-0.39, 0.29) is 5.91 Å². The predicted octanol–water partition coefficient (Wildman–Crippen LogP) is 3.73. The van der Waals surface area contributed by atoms with Crippen LogP contribution in [-0.2, 0) is 4.79 Å². The smallest absolute Gasteiger partial charge is 0.267 e. The van der Waals surface area contributed by atoms with Crippen LogP contribution >= 0.6 is 0 Å². The molecule has 2 rings (SSSR count). The summed E-state index contributed by atoms with van der Waals surface area (Å²) in [5, 5.41) is 0. The fourth-order valence-electron chi connectivity index (χ4n) is 2.22. The zero-order valence-electron chi connectivity index (χ0n) is 13.0. The summed E-state index contributed by atoms with van der Waals surface area (Å²) in [4.78, 5) is 14.0. The molecule has 0 saturated heterocycles. The predicted molar refractivity (Wildman–Crippen MR) is 85.9 cm³/mol. The molecule has 0 bridgehead atoms. The highest BCUT2D eigenvalue weighted by atomic mass is 16.5.